The van der Waals surface area contributed by atoms with Crippen molar-refractivity contribution >= 4 is 0 Å². The largest absolute Gasteiger partial charge is 0.508 e. The first kappa shape index (κ1) is 11.5. The van der Waals surface area contributed by atoms with Gasteiger partial charge >= 0.3 is 0 Å². The van der Waals surface area contributed by atoms with Crippen molar-refractivity contribution in [1.29, 1.82) is 0 Å². The molecular weight excluding hydrogens is 212 g/mol. The van der Waals surface area contributed by atoms with E-state index in [0.29, 0.717) is 5.75 Å². The lowest BCUT2D eigenvalue weighted by atomic mass is 9.94. The molecule has 0 heterocycles. The summed E-state index contributed by atoms with van der Waals surface area (Å²) < 4.78 is 0. The van der Waals surface area contributed by atoms with Crippen LogP contribution >= 0.6 is 0 Å². The van der Waals surface area contributed by atoms with Gasteiger partial charge in [-0.05, 0) is 60.7 Å². The molecule has 0 atom stereocenters. The van der Waals surface area contributed by atoms with Crippen LogP contribution in [0.1, 0.15) is 16.7 Å². The highest BCUT2D eigenvalue weighted by atomic mass is 16.3. The second-order valence-corrected chi connectivity index (χ2v) is 4.41. The maximum Gasteiger partial charge on any atom is 0.119 e. The molecule has 0 bridgehead atoms. The van der Waals surface area contributed by atoms with Crippen LogP contribution in [0.2, 0.25) is 0 Å². The summed E-state index contributed by atoms with van der Waals surface area (Å²) in [5, 5.41) is 19.6. The number of rotatable bonds is 1. The zero-order valence-electron chi connectivity index (χ0n) is 10.3. The van der Waals surface area contributed by atoms with E-state index >= 15 is 0 Å². The van der Waals surface area contributed by atoms with Crippen molar-refractivity contribution < 1.29 is 10.2 Å². The number of aryl methyl sites for hydroxylation is 1. The molecule has 88 valence electrons. The van der Waals surface area contributed by atoms with E-state index in [4.69, 9.17) is 0 Å². The van der Waals surface area contributed by atoms with Crippen molar-refractivity contribution in [1.82, 2.24) is 0 Å². The molecule has 0 aliphatic rings. The van der Waals surface area contributed by atoms with Gasteiger partial charge < -0.3 is 10.2 Å². The summed E-state index contributed by atoms with van der Waals surface area (Å²) in [7, 11) is 0. The van der Waals surface area contributed by atoms with Crippen LogP contribution in [0.4, 0.5) is 0 Å². The lowest BCUT2D eigenvalue weighted by molar-refractivity contribution is 0.469. The molecule has 0 aliphatic carbocycles. The van der Waals surface area contributed by atoms with Crippen LogP contribution in [0.5, 0.6) is 11.5 Å². The number of phenols is 2. The average molecular weight is 228 g/mol. The van der Waals surface area contributed by atoms with Crippen molar-refractivity contribution in [3.05, 3.63) is 47.0 Å². The summed E-state index contributed by atoms with van der Waals surface area (Å²) >= 11 is 0. The van der Waals surface area contributed by atoms with Gasteiger partial charge in [-0.1, -0.05) is 18.2 Å². The van der Waals surface area contributed by atoms with E-state index in [0.717, 1.165) is 27.8 Å². The molecule has 2 N–H and O–H groups in total. The second kappa shape index (κ2) is 4.13. The van der Waals surface area contributed by atoms with E-state index in [9.17, 15) is 10.2 Å². The van der Waals surface area contributed by atoms with Crippen molar-refractivity contribution in [2.45, 2.75) is 20.8 Å². The Morgan fingerprint density at radius 2 is 1.41 bits per heavy atom. The normalized spacial score (nSPS) is 10.5. The third kappa shape index (κ3) is 1.98. The summed E-state index contributed by atoms with van der Waals surface area (Å²) in [5.41, 5.74) is 4.60. The van der Waals surface area contributed by atoms with Gasteiger partial charge in [-0.3, -0.25) is 0 Å². The Labute approximate surface area is 101 Å². The number of hydrogen-bond acceptors (Lipinski definition) is 2. The van der Waals surface area contributed by atoms with Gasteiger partial charge in [0.25, 0.3) is 0 Å². The first-order valence-electron chi connectivity index (χ1n) is 5.60. The van der Waals surface area contributed by atoms with Gasteiger partial charge in [-0.15, -0.1) is 0 Å². The van der Waals surface area contributed by atoms with E-state index < -0.39 is 0 Å². The molecular formula is C15H16O2. The molecule has 0 amide bonds. The fourth-order valence-electron chi connectivity index (χ4n) is 2.03. The quantitative estimate of drug-likeness (QED) is 0.781. The molecule has 0 aromatic heterocycles. The predicted octanol–water partition coefficient (Wildman–Crippen LogP) is 3.69. The highest BCUT2D eigenvalue weighted by Gasteiger charge is 2.10. The lowest BCUT2D eigenvalue weighted by Gasteiger charge is -2.12. The van der Waals surface area contributed by atoms with Crippen LogP contribution in [0.25, 0.3) is 11.1 Å². The molecule has 2 rings (SSSR count). The third-order valence-electron chi connectivity index (χ3n) is 3.12. The van der Waals surface area contributed by atoms with Gasteiger partial charge in [-0.25, -0.2) is 0 Å². The number of aromatic hydroxyl groups is 2. The Morgan fingerprint density at radius 1 is 0.765 bits per heavy atom. The average Bonchev–Trinajstić information content (AvgIpc) is 2.27. The van der Waals surface area contributed by atoms with E-state index in [1.807, 2.05) is 39.0 Å². The van der Waals surface area contributed by atoms with Crippen molar-refractivity contribution in [3.8, 4) is 22.6 Å². The van der Waals surface area contributed by atoms with Gasteiger partial charge in [0.15, 0.2) is 0 Å². The monoisotopic (exact) mass is 228 g/mol. The summed E-state index contributed by atoms with van der Waals surface area (Å²) in [6.07, 6.45) is 0. The van der Waals surface area contributed by atoms with Crippen LogP contribution in [-0.2, 0) is 0 Å². The van der Waals surface area contributed by atoms with Gasteiger partial charge in [0.2, 0.25) is 0 Å². The molecule has 2 aromatic carbocycles. The Bertz CT molecular complexity index is 571. The molecule has 0 unspecified atom stereocenters. The molecule has 0 saturated heterocycles. The standard InChI is InChI=1S/C15H16O2/c1-9-7-13(11(3)15(17)8-9)12-5-4-6-14(16)10(12)2/h4-8,16-17H,1-3H3. The molecule has 2 aromatic rings. The zero-order valence-corrected chi connectivity index (χ0v) is 10.3. The van der Waals surface area contributed by atoms with Crippen molar-refractivity contribution in [2.24, 2.45) is 0 Å². The Hall–Kier alpha value is -1.96. The van der Waals surface area contributed by atoms with E-state index in [-0.39, 0.29) is 5.75 Å². The van der Waals surface area contributed by atoms with Gasteiger partial charge in [0.05, 0.1) is 0 Å². The maximum atomic E-state index is 9.84. The van der Waals surface area contributed by atoms with Gasteiger partial charge in [-0.2, -0.15) is 0 Å². The van der Waals surface area contributed by atoms with Crippen molar-refractivity contribution in [2.75, 3.05) is 0 Å². The van der Waals surface area contributed by atoms with E-state index in [1.54, 1.807) is 12.1 Å². The van der Waals surface area contributed by atoms with Gasteiger partial charge in [0, 0.05) is 0 Å². The first-order chi connectivity index (χ1) is 8.00. The summed E-state index contributed by atoms with van der Waals surface area (Å²) in [5.74, 6) is 0.575. The molecule has 0 saturated carbocycles. The predicted molar refractivity (Wildman–Crippen MR) is 69.4 cm³/mol. The zero-order chi connectivity index (χ0) is 12.6. The molecule has 0 fully saturated rings. The van der Waals surface area contributed by atoms with Gasteiger partial charge in [0.1, 0.15) is 11.5 Å². The Kier molecular flexibility index (Phi) is 2.80. The summed E-state index contributed by atoms with van der Waals surface area (Å²) in [6, 6.07) is 9.21. The highest BCUT2D eigenvalue weighted by molar-refractivity contribution is 5.74. The second-order valence-electron chi connectivity index (χ2n) is 4.41. The van der Waals surface area contributed by atoms with E-state index in [2.05, 4.69) is 0 Å². The number of hydrogen-bond donors (Lipinski definition) is 2. The van der Waals surface area contributed by atoms with Crippen LogP contribution in [0.15, 0.2) is 30.3 Å². The van der Waals surface area contributed by atoms with Crippen molar-refractivity contribution in [3.63, 3.8) is 0 Å². The third-order valence-corrected chi connectivity index (χ3v) is 3.12. The fourth-order valence-corrected chi connectivity index (χ4v) is 2.03. The minimum absolute atomic E-state index is 0.280. The first-order valence-corrected chi connectivity index (χ1v) is 5.60. The molecule has 17 heavy (non-hydrogen) atoms. The molecule has 0 spiro atoms. The summed E-state index contributed by atoms with van der Waals surface area (Å²) in [6.45, 7) is 5.71. The number of benzene rings is 2. The fraction of sp³-hybridized carbons (Fsp3) is 0.200. The van der Waals surface area contributed by atoms with E-state index in [1.165, 1.54) is 0 Å². The molecule has 0 aliphatic heterocycles. The number of phenolic OH excluding ortho intramolecular Hbond substituents is 2. The van der Waals surface area contributed by atoms with Crippen LogP contribution in [0, 0.1) is 20.8 Å². The minimum Gasteiger partial charge on any atom is -0.508 e. The Balaban J connectivity index is 2.73. The molecule has 2 heteroatoms. The minimum atomic E-state index is 0.280. The van der Waals surface area contributed by atoms with Crippen LogP contribution in [0.3, 0.4) is 0 Å². The topological polar surface area (TPSA) is 40.5 Å². The molecule has 0 radical (unpaired) electrons. The van der Waals surface area contributed by atoms with Crippen LogP contribution in [-0.4, -0.2) is 10.2 Å². The lowest BCUT2D eigenvalue weighted by Crippen LogP contribution is -1.89. The maximum absolute atomic E-state index is 9.84. The molecule has 2 nitrogen and oxygen atoms in total. The SMILES string of the molecule is Cc1cc(O)c(C)c(-c2cccc(O)c2C)c1. The van der Waals surface area contributed by atoms with Crippen LogP contribution < -0.4 is 0 Å². The smallest absolute Gasteiger partial charge is 0.119 e. The highest BCUT2D eigenvalue weighted by Crippen LogP contribution is 2.35. The summed E-state index contributed by atoms with van der Waals surface area (Å²) in [4.78, 5) is 0. The Morgan fingerprint density at radius 3 is 2.12 bits per heavy atom.